The fourth-order valence-corrected chi connectivity index (χ4v) is 2.95. The third-order valence-corrected chi connectivity index (χ3v) is 4.49. The Morgan fingerprint density at radius 2 is 1.79 bits per heavy atom. The van der Waals surface area contributed by atoms with Crippen LogP contribution in [0.5, 0.6) is 17.2 Å². The molecule has 0 aliphatic carbocycles. The molecular weight excluding hydrogens is 438 g/mol. The summed E-state index contributed by atoms with van der Waals surface area (Å²) in [4.78, 5) is 47.0. The van der Waals surface area contributed by atoms with Crippen LogP contribution in [0.25, 0.3) is 0 Å². The van der Waals surface area contributed by atoms with E-state index in [9.17, 15) is 24.5 Å². The highest BCUT2D eigenvalue weighted by atomic mass is 16.6. The van der Waals surface area contributed by atoms with E-state index in [0.717, 1.165) is 17.7 Å². The first-order valence-electron chi connectivity index (χ1n) is 9.75. The minimum atomic E-state index is -1.09. The summed E-state index contributed by atoms with van der Waals surface area (Å²) in [5.41, 5.74) is 0.404. The molecule has 2 aromatic rings. The summed E-state index contributed by atoms with van der Waals surface area (Å²) >= 11 is 0. The predicted molar refractivity (Wildman–Crippen MR) is 114 cm³/mol. The van der Waals surface area contributed by atoms with Crippen molar-refractivity contribution in [2.24, 2.45) is 0 Å². The Morgan fingerprint density at radius 3 is 2.45 bits per heavy atom. The SMILES string of the molecule is COc1ccc(C)cc1NC(=O)CNC(=O)COC(=O)c1cc2c(cc1[N+](=O)[O-])OCCO2. The first kappa shape index (κ1) is 23.3. The van der Waals surface area contributed by atoms with Crippen molar-refractivity contribution in [3.8, 4) is 17.2 Å². The molecule has 174 valence electrons. The van der Waals surface area contributed by atoms with Crippen LogP contribution in [0.1, 0.15) is 15.9 Å². The van der Waals surface area contributed by atoms with Crippen molar-refractivity contribution >= 4 is 29.2 Å². The molecule has 0 aromatic heterocycles. The van der Waals surface area contributed by atoms with E-state index >= 15 is 0 Å². The fraction of sp³-hybridized carbons (Fsp3) is 0.286. The van der Waals surface area contributed by atoms with Crippen molar-refractivity contribution in [1.82, 2.24) is 5.32 Å². The highest BCUT2D eigenvalue weighted by Gasteiger charge is 2.27. The number of carbonyl (C=O) groups is 3. The number of hydrogen-bond donors (Lipinski definition) is 2. The highest BCUT2D eigenvalue weighted by Crippen LogP contribution is 2.36. The highest BCUT2D eigenvalue weighted by molar-refractivity contribution is 5.98. The van der Waals surface area contributed by atoms with Crippen LogP contribution < -0.4 is 24.8 Å². The summed E-state index contributed by atoms with van der Waals surface area (Å²) in [7, 11) is 1.46. The van der Waals surface area contributed by atoms with E-state index in [4.69, 9.17) is 18.9 Å². The summed E-state index contributed by atoms with van der Waals surface area (Å²) in [6, 6.07) is 7.42. The minimum Gasteiger partial charge on any atom is -0.495 e. The van der Waals surface area contributed by atoms with Crippen molar-refractivity contribution in [3.05, 3.63) is 51.6 Å². The molecule has 3 rings (SSSR count). The number of esters is 1. The fourth-order valence-electron chi connectivity index (χ4n) is 2.95. The van der Waals surface area contributed by atoms with Crippen molar-refractivity contribution < 1.29 is 38.3 Å². The number of nitrogens with one attached hydrogen (secondary N) is 2. The van der Waals surface area contributed by atoms with Gasteiger partial charge in [0.2, 0.25) is 5.91 Å². The molecular formula is C21H21N3O9. The minimum absolute atomic E-state index is 0.137. The van der Waals surface area contributed by atoms with Gasteiger partial charge in [0.25, 0.3) is 11.6 Å². The number of fused-ring (bicyclic) bond motifs is 1. The monoisotopic (exact) mass is 459 g/mol. The van der Waals surface area contributed by atoms with Gasteiger partial charge in [-0.3, -0.25) is 19.7 Å². The Balaban J connectivity index is 1.55. The molecule has 12 nitrogen and oxygen atoms in total. The van der Waals surface area contributed by atoms with Gasteiger partial charge >= 0.3 is 5.97 Å². The third kappa shape index (κ3) is 5.87. The number of nitro benzene ring substituents is 1. The van der Waals surface area contributed by atoms with Crippen LogP contribution in [-0.4, -0.2) is 56.2 Å². The van der Waals surface area contributed by atoms with Crippen molar-refractivity contribution in [2.75, 3.05) is 38.8 Å². The average Bonchev–Trinajstić information content (AvgIpc) is 2.80. The number of rotatable bonds is 8. The lowest BCUT2D eigenvalue weighted by Gasteiger charge is -2.18. The first-order chi connectivity index (χ1) is 15.8. The molecule has 0 saturated carbocycles. The Hall–Kier alpha value is -4.35. The normalized spacial score (nSPS) is 11.8. The molecule has 0 bridgehead atoms. The maximum atomic E-state index is 12.3. The van der Waals surface area contributed by atoms with Gasteiger partial charge in [-0.05, 0) is 24.6 Å². The summed E-state index contributed by atoms with van der Waals surface area (Å²) in [5, 5.41) is 16.2. The van der Waals surface area contributed by atoms with Crippen LogP contribution in [0, 0.1) is 17.0 Å². The number of ether oxygens (including phenoxy) is 4. The zero-order valence-electron chi connectivity index (χ0n) is 17.8. The molecule has 0 atom stereocenters. The molecule has 2 aromatic carbocycles. The van der Waals surface area contributed by atoms with E-state index in [-0.39, 0.29) is 30.3 Å². The molecule has 0 radical (unpaired) electrons. The molecule has 2 N–H and O–H groups in total. The quantitative estimate of drug-likeness (QED) is 0.340. The predicted octanol–water partition coefficient (Wildman–Crippen LogP) is 1.59. The Morgan fingerprint density at radius 1 is 1.09 bits per heavy atom. The Labute approximate surface area is 187 Å². The molecule has 1 heterocycles. The van der Waals surface area contributed by atoms with Crippen LogP contribution in [0.3, 0.4) is 0 Å². The second kappa shape index (κ2) is 10.3. The van der Waals surface area contributed by atoms with Gasteiger partial charge in [-0.25, -0.2) is 4.79 Å². The molecule has 33 heavy (non-hydrogen) atoms. The number of amides is 2. The van der Waals surface area contributed by atoms with E-state index in [1.807, 2.05) is 13.0 Å². The number of nitro groups is 1. The van der Waals surface area contributed by atoms with Crippen molar-refractivity contribution in [1.29, 1.82) is 0 Å². The third-order valence-electron chi connectivity index (χ3n) is 4.49. The molecule has 1 aliphatic heterocycles. The van der Waals surface area contributed by atoms with Crippen molar-refractivity contribution in [2.45, 2.75) is 6.92 Å². The van der Waals surface area contributed by atoms with E-state index in [0.29, 0.717) is 11.4 Å². The average molecular weight is 459 g/mol. The maximum absolute atomic E-state index is 12.3. The number of hydrogen-bond acceptors (Lipinski definition) is 9. The lowest BCUT2D eigenvalue weighted by atomic mass is 10.1. The number of carbonyl (C=O) groups excluding carboxylic acids is 3. The van der Waals surface area contributed by atoms with Gasteiger partial charge in [0, 0.05) is 6.07 Å². The van der Waals surface area contributed by atoms with Gasteiger partial charge in [-0.1, -0.05) is 6.07 Å². The van der Waals surface area contributed by atoms with Gasteiger partial charge in [0.1, 0.15) is 24.5 Å². The second-order valence-electron chi connectivity index (χ2n) is 6.87. The van der Waals surface area contributed by atoms with Crippen LogP contribution >= 0.6 is 0 Å². The number of benzene rings is 2. The molecule has 0 fully saturated rings. The van der Waals surface area contributed by atoms with E-state index < -0.39 is 41.5 Å². The lowest BCUT2D eigenvalue weighted by molar-refractivity contribution is -0.385. The number of anilines is 1. The summed E-state index contributed by atoms with van der Waals surface area (Å²) < 4.78 is 20.6. The topological polar surface area (TPSA) is 155 Å². The molecule has 12 heteroatoms. The van der Waals surface area contributed by atoms with Crippen LogP contribution in [-0.2, 0) is 14.3 Å². The zero-order chi connectivity index (χ0) is 24.0. The Kier molecular flexibility index (Phi) is 7.28. The number of aryl methyl sites for hydroxylation is 1. The molecule has 2 amide bonds. The van der Waals surface area contributed by atoms with Gasteiger partial charge in [0.15, 0.2) is 18.1 Å². The molecule has 1 aliphatic rings. The van der Waals surface area contributed by atoms with Crippen LogP contribution in [0.4, 0.5) is 11.4 Å². The van der Waals surface area contributed by atoms with E-state index in [1.54, 1.807) is 12.1 Å². The summed E-state index contributed by atoms with van der Waals surface area (Å²) in [5.74, 6) is -1.64. The second-order valence-corrected chi connectivity index (χ2v) is 6.87. The number of nitrogens with zero attached hydrogens (tertiary/aromatic N) is 1. The number of methoxy groups -OCH3 is 1. The first-order valence-corrected chi connectivity index (χ1v) is 9.75. The zero-order valence-corrected chi connectivity index (χ0v) is 17.8. The molecule has 0 saturated heterocycles. The largest absolute Gasteiger partial charge is 0.495 e. The van der Waals surface area contributed by atoms with Crippen molar-refractivity contribution in [3.63, 3.8) is 0 Å². The van der Waals surface area contributed by atoms with Crippen LogP contribution in [0.15, 0.2) is 30.3 Å². The van der Waals surface area contributed by atoms with Gasteiger partial charge < -0.3 is 29.6 Å². The maximum Gasteiger partial charge on any atom is 0.345 e. The molecule has 0 spiro atoms. The van der Waals surface area contributed by atoms with E-state index in [1.165, 1.54) is 7.11 Å². The van der Waals surface area contributed by atoms with Gasteiger partial charge in [-0.2, -0.15) is 0 Å². The Bertz CT molecular complexity index is 1100. The standard InChI is InChI=1S/C21H21N3O9/c1-12-3-4-16(30-2)14(7-12)23-19(25)10-22-20(26)11-33-21(27)13-8-17-18(32-6-5-31-17)9-15(13)24(28)29/h3-4,7-9H,5-6,10-11H2,1-2H3,(H,22,26)(H,23,25). The summed E-state index contributed by atoms with van der Waals surface area (Å²) in [6.45, 7) is 1.15. The van der Waals surface area contributed by atoms with Gasteiger partial charge in [-0.15, -0.1) is 0 Å². The molecule has 0 unspecified atom stereocenters. The van der Waals surface area contributed by atoms with Crippen LogP contribution in [0.2, 0.25) is 0 Å². The lowest BCUT2D eigenvalue weighted by Crippen LogP contribution is -2.35. The van der Waals surface area contributed by atoms with Gasteiger partial charge in [0.05, 0.1) is 30.3 Å². The smallest absolute Gasteiger partial charge is 0.345 e. The summed E-state index contributed by atoms with van der Waals surface area (Å²) in [6.07, 6.45) is 0. The van der Waals surface area contributed by atoms with E-state index in [2.05, 4.69) is 10.6 Å².